The summed E-state index contributed by atoms with van der Waals surface area (Å²) in [6.45, 7) is 1.47. The standard InChI is InChI=1S/C17H24N2O/c18-10-3-4-11-19-16(20)15-12-17(15)9-5-7-13-6-1-2-8-14(13)17/h1-2,6,8,15H,3-5,7,9-12,18H2,(H,19,20). The molecule has 0 heterocycles. The molecule has 2 atom stereocenters. The zero-order valence-electron chi connectivity index (χ0n) is 12.0. The normalized spacial score (nSPS) is 27.1. The van der Waals surface area contributed by atoms with E-state index in [1.807, 2.05) is 0 Å². The third-order valence-electron chi connectivity index (χ3n) is 4.94. The summed E-state index contributed by atoms with van der Waals surface area (Å²) in [5, 5.41) is 3.09. The Morgan fingerprint density at radius 2 is 2.20 bits per heavy atom. The summed E-state index contributed by atoms with van der Waals surface area (Å²) in [5.74, 6) is 0.445. The predicted molar refractivity (Wildman–Crippen MR) is 80.5 cm³/mol. The summed E-state index contributed by atoms with van der Waals surface area (Å²) in [6.07, 6.45) is 6.56. The third kappa shape index (κ3) is 2.35. The smallest absolute Gasteiger partial charge is 0.224 e. The van der Waals surface area contributed by atoms with Crippen LogP contribution in [0.4, 0.5) is 0 Å². The predicted octanol–water partition coefficient (Wildman–Crippen LogP) is 2.14. The molecule has 1 spiro atoms. The average Bonchev–Trinajstić information content (AvgIpc) is 3.19. The average molecular weight is 272 g/mol. The highest BCUT2D eigenvalue weighted by Gasteiger charge is 2.59. The molecule has 0 bridgehead atoms. The summed E-state index contributed by atoms with van der Waals surface area (Å²) in [7, 11) is 0. The van der Waals surface area contributed by atoms with Crippen LogP contribution in [0.25, 0.3) is 0 Å². The lowest BCUT2D eigenvalue weighted by Gasteiger charge is -2.26. The fourth-order valence-corrected chi connectivity index (χ4v) is 3.78. The first-order valence-electron chi connectivity index (χ1n) is 7.84. The molecule has 20 heavy (non-hydrogen) atoms. The molecule has 0 radical (unpaired) electrons. The van der Waals surface area contributed by atoms with Crippen LogP contribution in [0, 0.1) is 5.92 Å². The molecule has 1 saturated carbocycles. The summed E-state index contributed by atoms with van der Waals surface area (Å²) in [6, 6.07) is 8.68. The summed E-state index contributed by atoms with van der Waals surface area (Å²) < 4.78 is 0. The van der Waals surface area contributed by atoms with Crippen molar-refractivity contribution in [2.24, 2.45) is 11.7 Å². The number of hydrogen-bond donors (Lipinski definition) is 2. The molecule has 2 unspecified atom stereocenters. The second kappa shape index (κ2) is 5.57. The van der Waals surface area contributed by atoms with E-state index >= 15 is 0 Å². The highest BCUT2D eigenvalue weighted by Crippen LogP contribution is 2.60. The van der Waals surface area contributed by atoms with E-state index in [1.54, 1.807) is 0 Å². The zero-order chi connectivity index (χ0) is 14.0. The van der Waals surface area contributed by atoms with E-state index in [2.05, 4.69) is 29.6 Å². The van der Waals surface area contributed by atoms with Gasteiger partial charge in [0, 0.05) is 17.9 Å². The summed E-state index contributed by atoms with van der Waals surface area (Å²) in [4.78, 5) is 12.3. The van der Waals surface area contributed by atoms with Crippen molar-refractivity contribution in [2.45, 2.75) is 43.9 Å². The molecule has 108 valence electrons. The SMILES string of the molecule is NCCCCNC(=O)C1CC12CCCc1ccccc12. The number of carbonyl (C=O) groups is 1. The molecule has 1 aromatic carbocycles. The molecule has 0 aliphatic heterocycles. The van der Waals surface area contributed by atoms with Crippen molar-refractivity contribution < 1.29 is 4.79 Å². The Bertz CT molecular complexity index is 500. The van der Waals surface area contributed by atoms with Crippen molar-refractivity contribution in [3.8, 4) is 0 Å². The van der Waals surface area contributed by atoms with Crippen LogP contribution in [0.15, 0.2) is 24.3 Å². The zero-order valence-corrected chi connectivity index (χ0v) is 12.0. The van der Waals surface area contributed by atoms with E-state index < -0.39 is 0 Å². The quantitative estimate of drug-likeness (QED) is 0.807. The number of benzene rings is 1. The van der Waals surface area contributed by atoms with Gasteiger partial charge in [-0.3, -0.25) is 4.79 Å². The van der Waals surface area contributed by atoms with Gasteiger partial charge in [0.05, 0.1) is 0 Å². The highest BCUT2D eigenvalue weighted by molar-refractivity contribution is 5.84. The van der Waals surface area contributed by atoms with Gasteiger partial charge < -0.3 is 11.1 Å². The van der Waals surface area contributed by atoms with Gasteiger partial charge in [0.15, 0.2) is 0 Å². The second-order valence-electron chi connectivity index (χ2n) is 6.21. The maximum Gasteiger partial charge on any atom is 0.224 e. The Balaban J connectivity index is 1.64. The van der Waals surface area contributed by atoms with Gasteiger partial charge in [-0.15, -0.1) is 0 Å². The van der Waals surface area contributed by atoms with Crippen LogP contribution in [-0.4, -0.2) is 19.0 Å². The molecule has 1 amide bonds. The van der Waals surface area contributed by atoms with Crippen molar-refractivity contribution >= 4 is 5.91 Å². The van der Waals surface area contributed by atoms with Gasteiger partial charge in [0.1, 0.15) is 0 Å². The Labute approximate surface area is 120 Å². The number of rotatable bonds is 5. The lowest BCUT2D eigenvalue weighted by Crippen LogP contribution is -2.31. The van der Waals surface area contributed by atoms with Crippen LogP contribution in [0.3, 0.4) is 0 Å². The molecular formula is C17H24N2O. The largest absolute Gasteiger partial charge is 0.356 e. The van der Waals surface area contributed by atoms with Crippen LogP contribution < -0.4 is 11.1 Å². The summed E-state index contributed by atoms with van der Waals surface area (Å²) in [5.41, 5.74) is 8.52. The first-order valence-corrected chi connectivity index (χ1v) is 7.84. The lowest BCUT2D eigenvalue weighted by molar-refractivity contribution is -0.122. The first kappa shape index (κ1) is 13.6. The maximum atomic E-state index is 12.3. The van der Waals surface area contributed by atoms with E-state index in [1.165, 1.54) is 30.4 Å². The lowest BCUT2D eigenvalue weighted by atomic mass is 9.78. The molecule has 0 aromatic heterocycles. The number of amides is 1. The van der Waals surface area contributed by atoms with Gasteiger partial charge in [0.2, 0.25) is 5.91 Å². The molecule has 3 N–H and O–H groups in total. The second-order valence-corrected chi connectivity index (χ2v) is 6.21. The van der Waals surface area contributed by atoms with Gasteiger partial charge >= 0.3 is 0 Å². The monoisotopic (exact) mass is 272 g/mol. The van der Waals surface area contributed by atoms with Crippen molar-refractivity contribution in [1.29, 1.82) is 0 Å². The van der Waals surface area contributed by atoms with Crippen molar-refractivity contribution in [3.05, 3.63) is 35.4 Å². The van der Waals surface area contributed by atoms with E-state index in [0.717, 1.165) is 25.8 Å². The minimum absolute atomic E-state index is 0.160. The van der Waals surface area contributed by atoms with Crippen molar-refractivity contribution in [2.75, 3.05) is 13.1 Å². The minimum atomic E-state index is 0.160. The Kier molecular flexibility index (Phi) is 3.79. The van der Waals surface area contributed by atoms with Gasteiger partial charge in [-0.05, 0) is 56.2 Å². The van der Waals surface area contributed by atoms with Crippen LogP contribution in [0.1, 0.15) is 43.2 Å². The van der Waals surface area contributed by atoms with Gasteiger partial charge in [-0.25, -0.2) is 0 Å². The molecule has 1 fully saturated rings. The van der Waals surface area contributed by atoms with E-state index in [9.17, 15) is 4.79 Å². The molecule has 1 aromatic rings. The Morgan fingerprint density at radius 3 is 3.05 bits per heavy atom. The molecule has 3 rings (SSSR count). The van der Waals surface area contributed by atoms with Crippen LogP contribution in [0.5, 0.6) is 0 Å². The van der Waals surface area contributed by atoms with Crippen molar-refractivity contribution in [1.82, 2.24) is 5.32 Å². The van der Waals surface area contributed by atoms with Crippen LogP contribution in [-0.2, 0) is 16.6 Å². The number of nitrogens with two attached hydrogens (primary N) is 1. The number of hydrogen-bond acceptors (Lipinski definition) is 2. The Hall–Kier alpha value is -1.35. The number of aryl methyl sites for hydroxylation is 1. The van der Waals surface area contributed by atoms with E-state index in [4.69, 9.17) is 5.73 Å². The van der Waals surface area contributed by atoms with Crippen LogP contribution >= 0.6 is 0 Å². The fraction of sp³-hybridized carbons (Fsp3) is 0.588. The van der Waals surface area contributed by atoms with Gasteiger partial charge in [-0.2, -0.15) is 0 Å². The fourth-order valence-electron chi connectivity index (χ4n) is 3.78. The number of fused-ring (bicyclic) bond motifs is 2. The van der Waals surface area contributed by atoms with Crippen molar-refractivity contribution in [3.63, 3.8) is 0 Å². The Morgan fingerprint density at radius 1 is 1.35 bits per heavy atom. The third-order valence-corrected chi connectivity index (χ3v) is 4.94. The topological polar surface area (TPSA) is 55.1 Å². The molecule has 2 aliphatic rings. The maximum absolute atomic E-state index is 12.3. The molecule has 0 saturated heterocycles. The molecule has 3 heteroatoms. The molecule has 3 nitrogen and oxygen atoms in total. The van der Waals surface area contributed by atoms with Gasteiger partial charge in [-0.1, -0.05) is 24.3 Å². The summed E-state index contributed by atoms with van der Waals surface area (Å²) >= 11 is 0. The number of nitrogens with one attached hydrogen (secondary N) is 1. The van der Waals surface area contributed by atoms with Gasteiger partial charge in [0.25, 0.3) is 0 Å². The molecular weight excluding hydrogens is 248 g/mol. The van der Waals surface area contributed by atoms with E-state index in [-0.39, 0.29) is 17.2 Å². The van der Waals surface area contributed by atoms with Crippen LogP contribution in [0.2, 0.25) is 0 Å². The first-order chi connectivity index (χ1) is 9.78. The highest BCUT2D eigenvalue weighted by atomic mass is 16.2. The van der Waals surface area contributed by atoms with E-state index in [0.29, 0.717) is 6.54 Å². The minimum Gasteiger partial charge on any atom is -0.356 e. The number of carbonyl (C=O) groups excluding carboxylic acids is 1. The number of unbranched alkanes of at least 4 members (excludes halogenated alkanes) is 1. The molecule has 2 aliphatic carbocycles.